The van der Waals surface area contributed by atoms with Gasteiger partial charge in [0.25, 0.3) is 0 Å². The van der Waals surface area contributed by atoms with E-state index in [-0.39, 0.29) is 11.1 Å². The van der Waals surface area contributed by atoms with Gasteiger partial charge in [-0.05, 0) is 65.7 Å². The van der Waals surface area contributed by atoms with Crippen LogP contribution in [0.2, 0.25) is 18.1 Å². The molecule has 4 heterocycles. The molecule has 3 aromatic carbocycles. The zero-order valence-corrected chi connectivity index (χ0v) is 33.4. The molecular formula is C38H46N5O6PSSi. The minimum atomic E-state index is -3.02. The van der Waals surface area contributed by atoms with Gasteiger partial charge in [-0.2, -0.15) is 0 Å². The lowest BCUT2D eigenvalue weighted by Crippen LogP contribution is -2.51. The molecule has 5 aromatic rings. The van der Waals surface area contributed by atoms with Crippen LogP contribution in [0.1, 0.15) is 50.6 Å². The van der Waals surface area contributed by atoms with Crippen LogP contribution in [0, 0.1) is 0 Å². The number of nitrogens with zero attached hydrogens (tertiary/aromatic N) is 4. The molecule has 52 heavy (non-hydrogen) atoms. The Hall–Kier alpha value is -3.52. The Balaban J connectivity index is 1.36. The number of fused-ring (bicyclic) bond motifs is 2. The van der Waals surface area contributed by atoms with Crippen molar-refractivity contribution in [1.29, 1.82) is 0 Å². The molecule has 0 aliphatic carbocycles. The second-order valence-corrected chi connectivity index (χ2v) is 22.5. The van der Waals surface area contributed by atoms with E-state index in [1.165, 1.54) is 7.11 Å². The van der Waals surface area contributed by atoms with Gasteiger partial charge in [0.2, 0.25) is 0 Å². The molecule has 0 spiro atoms. The number of benzene rings is 3. The first-order valence-electron chi connectivity index (χ1n) is 17.4. The minimum Gasteiger partial charge on any atom is -0.497 e. The van der Waals surface area contributed by atoms with Crippen LogP contribution in [0.15, 0.2) is 97.6 Å². The normalized spacial score (nSPS) is 25.2. The highest BCUT2D eigenvalue weighted by atomic mass is 32.5. The summed E-state index contributed by atoms with van der Waals surface area (Å²) in [6.45, 7) is 9.98. The van der Waals surface area contributed by atoms with E-state index in [4.69, 9.17) is 54.2 Å². The summed E-state index contributed by atoms with van der Waals surface area (Å²) in [5, 5.41) is 3.79. The highest BCUT2D eigenvalue weighted by Crippen LogP contribution is 2.59. The highest BCUT2D eigenvalue weighted by Gasteiger charge is 2.58. The lowest BCUT2D eigenvalue weighted by Gasteiger charge is -2.42. The van der Waals surface area contributed by atoms with Crippen molar-refractivity contribution in [2.45, 2.75) is 82.0 Å². The van der Waals surface area contributed by atoms with Gasteiger partial charge in [-0.25, -0.2) is 15.0 Å². The van der Waals surface area contributed by atoms with Crippen molar-refractivity contribution in [3.8, 4) is 5.75 Å². The average Bonchev–Trinajstić information content (AvgIpc) is 3.72. The Bertz CT molecular complexity index is 2020. The van der Waals surface area contributed by atoms with E-state index >= 15 is 0 Å². The van der Waals surface area contributed by atoms with Crippen LogP contribution < -0.4 is 10.1 Å². The molecule has 11 nitrogen and oxygen atoms in total. The maximum Gasteiger partial charge on any atom is 0.327 e. The van der Waals surface area contributed by atoms with Crippen molar-refractivity contribution in [3.63, 3.8) is 0 Å². The molecule has 7 rings (SSSR count). The summed E-state index contributed by atoms with van der Waals surface area (Å²) in [6.07, 6.45) is 0.749. The summed E-state index contributed by atoms with van der Waals surface area (Å²) in [5.74, 6) is 1.31. The fourth-order valence-electron chi connectivity index (χ4n) is 6.79. The van der Waals surface area contributed by atoms with Gasteiger partial charge >= 0.3 is 6.72 Å². The van der Waals surface area contributed by atoms with Gasteiger partial charge < -0.3 is 28.3 Å². The van der Waals surface area contributed by atoms with Gasteiger partial charge in [-0.15, -0.1) is 0 Å². The van der Waals surface area contributed by atoms with Crippen LogP contribution in [-0.2, 0) is 40.1 Å². The molecule has 2 aromatic heterocycles. The third-order valence-electron chi connectivity index (χ3n) is 10.6. The Morgan fingerprint density at radius 3 is 2.02 bits per heavy atom. The number of hydrogen-bond acceptors (Lipinski definition) is 11. The minimum absolute atomic E-state index is 0.0796. The molecule has 0 radical (unpaired) electrons. The van der Waals surface area contributed by atoms with Gasteiger partial charge in [0.05, 0.1) is 19.5 Å². The Kier molecular flexibility index (Phi) is 9.94. The first kappa shape index (κ1) is 36.8. The predicted molar refractivity (Wildman–Crippen MR) is 207 cm³/mol. The van der Waals surface area contributed by atoms with Gasteiger partial charge in [0, 0.05) is 7.11 Å². The molecule has 2 fully saturated rings. The second kappa shape index (κ2) is 14.0. The lowest BCUT2D eigenvalue weighted by atomic mass is 9.77. The first-order chi connectivity index (χ1) is 24.8. The number of anilines is 1. The van der Waals surface area contributed by atoms with E-state index in [0.29, 0.717) is 17.0 Å². The van der Waals surface area contributed by atoms with E-state index in [2.05, 4.69) is 75.6 Å². The second-order valence-electron chi connectivity index (χ2n) is 14.7. The Labute approximate surface area is 311 Å². The van der Waals surface area contributed by atoms with Gasteiger partial charge in [0.15, 0.2) is 31.5 Å². The van der Waals surface area contributed by atoms with Crippen molar-refractivity contribution < 1.29 is 27.5 Å². The zero-order valence-electron chi connectivity index (χ0n) is 30.7. The highest BCUT2D eigenvalue weighted by molar-refractivity contribution is 8.07. The van der Waals surface area contributed by atoms with Gasteiger partial charge in [-0.3, -0.25) is 9.09 Å². The lowest BCUT2D eigenvalue weighted by molar-refractivity contribution is -0.0922. The predicted octanol–water partition coefficient (Wildman–Crippen LogP) is 8.20. The van der Waals surface area contributed by atoms with Crippen LogP contribution in [0.25, 0.3) is 11.2 Å². The summed E-state index contributed by atoms with van der Waals surface area (Å²) in [5.41, 5.74) is 3.30. The Morgan fingerprint density at radius 2 is 1.44 bits per heavy atom. The van der Waals surface area contributed by atoms with E-state index in [1.807, 2.05) is 60.0 Å². The van der Waals surface area contributed by atoms with Crippen molar-refractivity contribution in [1.82, 2.24) is 19.5 Å². The number of imidazole rings is 1. The van der Waals surface area contributed by atoms with Crippen LogP contribution in [-0.4, -0.2) is 66.5 Å². The molecule has 2 aliphatic heterocycles. The smallest absolute Gasteiger partial charge is 0.327 e. The van der Waals surface area contributed by atoms with E-state index in [9.17, 15) is 0 Å². The van der Waals surface area contributed by atoms with Crippen molar-refractivity contribution >= 4 is 43.8 Å². The van der Waals surface area contributed by atoms with Crippen molar-refractivity contribution in [2.24, 2.45) is 0 Å². The number of ether oxygens (including phenoxy) is 2. The standard InChI is InChI=1S/C38H46N5O6PSSi/c1-25-31-32(48-50(51,45-6)47-25)33(49-52(7,8)37(2,3)4)36(46-31)43-24-41-30-34(39-23-40-35(30)43)42-38(26-15-11-9-12-16-26,27-17-13-10-14-18-27)28-19-21-29(44-5)22-20-28/h9-25,31-33,36H,1-8H3,(H,39,40,42). The molecule has 274 valence electrons. The molecule has 0 saturated carbocycles. The number of hydrogen-bond donors (Lipinski definition) is 1. The third kappa shape index (κ3) is 6.51. The summed E-state index contributed by atoms with van der Waals surface area (Å²) in [6, 6.07) is 28.7. The molecule has 6 unspecified atom stereocenters. The van der Waals surface area contributed by atoms with E-state index in [1.54, 1.807) is 19.8 Å². The van der Waals surface area contributed by atoms with Gasteiger partial charge in [0.1, 0.15) is 35.9 Å². The average molecular weight is 760 g/mol. The third-order valence-corrected chi connectivity index (χ3v) is 17.5. The zero-order chi connectivity index (χ0) is 36.9. The molecule has 14 heteroatoms. The van der Waals surface area contributed by atoms with Crippen LogP contribution in [0.3, 0.4) is 0 Å². The van der Waals surface area contributed by atoms with E-state index < -0.39 is 45.1 Å². The molecular weight excluding hydrogens is 714 g/mol. The number of rotatable bonds is 10. The maximum atomic E-state index is 7.14. The van der Waals surface area contributed by atoms with Crippen molar-refractivity contribution in [3.05, 3.63) is 114 Å². The molecule has 2 aliphatic rings. The van der Waals surface area contributed by atoms with Crippen LogP contribution in [0.5, 0.6) is 5.75 Å². The largest absolute Gasteiger partial charge is 0.497 e. The molecule has 1 N–H and O–H groups in total. The van der Waals surface area contributed by atoms with Crippen molar-refractivity contribution in [2.75, 3.05) is 19.5 Å². The van der Waals surface area contributed by atoms with Crippen LogP contribution in [0.4, 0.5) is 5.82 Å². The summed E-state index contributed by atoms with van der Waals surface area (Å²) >= 11 is 5.73. The monoisotopic (exact) mass is 759 g/mol. The number of aromatic nitrogens is 4. The number of methoxy groups -OCH3 is 1. The van der Waals surface area contributed by atoms with Crippen LogP contribution >= 0.6 is 6.72 Å². The quantitative estimate of drug-likeness (QED) is 0.0845. The maximum absolute atomic E-state index is 7.14. The number of nitrogens with one attached hydrogen (secondary N) is 1. The van der Waals surface area contributed by atoms with E-state index in [0.717, 1.165) is 22.4 Å². The Morgan fingerprint density at radius 1 is 0.827 bits per heavy atom. The summed E-state index contributed by atoms with van der Waals surface area (Å²) < 4.78 is 39.6. The fraction of sp³-hybridized carbons (Fsp3) is 0.395. The molecule has 0 amide bonds. The summed E-state index contributed by atoms with van der Waals surface area (Å²) in [4.78, 5) is 14.5. The molecule has 0 bridgehead atoms. The fourth-order valence-corrected chi connectivity index (χ4v) is 10.1. The topological polar surface area (TPSA) is 111 Å². The summed E-state index contributed by atoms with van der Waals surface area (Å²) in [7, 11) is 0.831. The SMILES string of the molecule is COc1ccc(C(Nc2ncnc3c2ncn3C2OC3C(C)OP(=S)(OC)OC3C2O[Si](C)(C)C(C)(C)C)(c2ccccc2)c2ccccc2)cc1. The first-order valence-corrected chi connectivity index (χ1v) is 22.8. The molecule has 6 atom stereocenters. The molecule has 2 saturated heterocycles. The van der Waals surface area contributed by atoms with Gasteiger partial charge in [-0.1, -0.05) is 93.6 Å².